The second-order valence-corrected chi connectivity index (χ2v) is 7.42. The van der Waals surface area contributed by atoms with Gasteiger partial charge in [0.1, 0.15) is 0 Å². The Morgan fingerprint density at radius 2 is 1.55 bits per heavy atom. The van der Waals surface area contributed by atoms with E-state index in [0.717, 1.165) is 11.1 Å². The molecule has 0 fully saturated rings. The van der Waals surface area contributed by atoms with Crippen molar-refractivity contribution < 1.29 is 14.5 Å². The van der Waals surface area contributed by atoms with Crippen molar-refractivity contribution in [2.45, 2.75) is 26.8 Å². The van der Waals surface area contributed by atoms with Crippen LogP contribution in [0, 0.1) is 17.0 Å². The van der Waals surface area contributed by atoms with E-state index in [1.165, 1.54) is 11.5 Å². The highest BCUT2D eigenvalue weighted by Crippen LogP contribution is 2.26. The van der Waals surface area contributed by atoms with Gasteiger partial charge in [0, 0.05) is 18.1 Å². The first-order valence-corrected chi connectivity index (χ1v) is 9.64. The zero-order valence-corrected chi connectivity index (χ0v) is 17.5. The van der Waals surface area contributed by atoms with E-state index in [1.807, 2.05) is 24.3 Å². The molecule has 0 radical (unpaired) electrons. The van der Waals surface area contributed by atoms with Gasteiger partial charge in [0.15, 0.2) is 18.2 Å². The number of imidazole rings is 1. The van der Waals surface area contributed by atoms with Gasteiger partial charge in [-0.3, -0.25) is 9.59 Å². The number of rotatable bonds is 7. The molecule has 0 N–H and O–H groups in total. The highest BCUT2D eigenvalue weighted by atomic mass is 79.9. The molecular formula is C21H18BrN3O4. The molecule has 0 unspecified atom stereocenters. The van der Waals surface area contributed by atoms with Crippen molar-refractivity contribution in [2.75, 3.05) is 0 Å². The molecule has 8 heteroatoms. The number of Topliss-reactive ketones (excluding diaryl/α,β-unsaturated/α-hetero) is 2. The predicted molar refractivity (Wildman–Crippen MR) is 111 cm³/mol. The first-order chi connectivity index (χ1) is 13.8. The van der Waals surface area contributed by atoms with Gasteiger partial charge in [0.2, 0.25) is 10.4 Å². The maximum Gasteiger partial charge on any atom is 0.357 e. The van der Waals surface area contributed by atoms with Crippen LogP contribution < -0.4 is 0 Å². The number of hydrogen-bond acceptors (Lipinski definition) is 5. The summed E-state index contributed by atoms with van der Waals surface area (Å²) in [6.45, 7) is 2.99. The molecule has 0 aliphatic carbocycles. The molecule has 0 aliphatic rings. The Hall–Kier alpha value is -3.13. The fourth-order valence-electron chi connectivity index (χ4n) is 3.02. The molecule has 0 aliphatic heterocycles. The number of nitro groups is 1. The van der Waals surface area contributed by atoms with Gasteiger partial charge < -0.3 is 10.1 Å². The van der Waals surface area contributed by atoms with E-state index in [0.29, 0.717) is 23.4 Å². The average Bonchev–Trinajstić information content (AvgIpc) is 2.96. The number of carbonyl (C=O) groups is 2. The van der Waals surface area contributed by atoms with Gasteiger partial charge in [-0.1, -0.05) is 48.5 Å². The van der Waals surface area contributed by atoms with E-state index in [2.05, 4.69) is 20.9 Å². The maximum absolute atomic E-state index is 12.6. The van der Waals surface area contributed by atoms with Crippen molar-refractivity contribution in [1.29, 1.82) is 0 Å². The minimum absolute atomic E-state index is 0.0276. The molecule has 0 spiro atoms. The number of carbonyl (C=O) groups excluding carboxylic acids is 2. The molecule has 3 rings (SSSR count). The largest absolute Gasteiger partial charge is 0.358 e. The van der Waals surface area contributed by atoms with E-state index in [-0.39, 0.29) is 28.5 Å². The third-order valence-electron chi connectivity index (χ3n) is 4.61. The summed E-state index contributed by atoms with van der Waals surface area (Å²) in [5.41, 5.74) is 3.22. The minimum atomic E-state index is -0.558. The van der Waals surface area contributed by atoms with Crippen molar-refractivity contribution in [3.05, 3.63) is 91.3 Å². The van der Waals surface area contributed by atoms with Crippen LogP contribution in [0.15, 0.2) is 53.1 Å². The van der Waals surface area contributed by atoms with Gasteiger partial charge in [0.25, 0.3) is 0 Å². The van der Waals surface area contributed by atoms with Crippen LogP contribution in [0.1, 0.15) is 44.6 Å². The van der Waals surface area contributed by atoms with E-state index in [1.54, 1.807) is 31.2 Å². The molecule has 0 saturated carbocycles. The van der Waals surface area contributed by atoms with Crippen LogP contribution in [0.25, 0.3) is 0 Å². The minimum Gasteiger partial charge on any atom is -0.358 e. The van der Waals surface area contributed by atoms with Gasteiger partial charge in [-0.15, -0.1) is 0 Å². The Balaban J connectivity index is 1.72. The average molecular weight is 456 g/mol. The number of hydrogen-bond donors (Lipinski definition) is 0. The third kappa shape index (κ3) is 4.65. The van der Waals surface area contributed by atoms with Crippen molar-refractivity contribution in [2.24, 2.45) is 0 Å². The summed E-state index contributed by atoms with van der Waals surface area (Å²) in [4.78, 5) is 38.7. The SMILES string of the molecule is CC(=O)c1ccc(Cc2ccc(C(=O)Cn3c(C)nc(Br)c3[N+](=O)[O-])cc2)cc1. The lowest BCUT2D eigenvalue weighted by molar-refractivity contribution is -0.392. The Morgan fingerprint density at radius 3 is 2.03 bits per heavy atom. The van der Waals surface area contributed by atoms with Gasteiger partial charge in [-0.05, 0) is 45.3 Å². The molecule has 0 atom stereocenters. The molecule has 2 aromatic carbocycles. The Kier molecular flexibility index (Phi) is 6.03. The zero-order chi connectivity index (χ0) is 21.1. The molecule has 1 aromatic heterocycles. The van der Waals surface area contributed by atoms with E-state index in [9.17, 15) is 19.7 Å². The lowest BCUT2D eigenvalue weighted by Gasteiger charge is -2.06. The number of benzene rings is 2. The van der Waals surface area contributed by atoms with Gasteiger partial charge in [-0.2, -0.15) is 4.98 Å². The highest BCUT2D eigenvalue weighted by molar-refractivity contribution is 9.10. The molecule has 29 heavy (non-hydrogen) atoms. The molecule has 3 aromatic rings. The summed E-state index contributed by atoms with van der Waals surface area (Å²) in [6.07, 6.45) is 0.672. The van der Waals surface area contributed by atoms with Crippen LogP contribution in [0.2, 0.25) is 0 Å². The molecule has 0 bridgehead atoms. The number of ketones is 2. The molecule has 148 valence electrons. The van der Waals surface area contributed by atoms with Gasteiger partial charge in [-0.25, -0.2) is 4.57 Å². The second-order valence-electron chi connectivity index (χ2n) is 6.67. The summed E-state index contributed by atoms with van der Waals surface area (Å²) in [5, 5.41) is 11.2. The van der Waals surface area contributed by atoms with Crippen LogP contribution in [0.3, 0.4) is 0 Å². The third-order valence-corrected chi connectivity index (χ3v) is 5.14. The monoisotopic (exact) mass is 455 g/mol. The van der Waals surface area contributed by atoms with Crippen LogP contribution in [-0.4, -0.2) is 26.0 Å². The summed E-state index contributed by atoms with van der Waals surface area (Å²) in [6, 6.07) is 14.6. The van der Waals surface area contributed by atoms with Crippen molar-refractivity contribution >= 4 is 33.3 Å². The van der Waals surface area contributed by atoms with Crippen LogP contribution >= 0.6 is 15.9 Å². The lowest BCUT2D eigenvalue weighted by Crippen LogP contribution is -2.14. The van der Waals surface area contributed by atoms with Gasteiger partial charge in [0.05, 0.1) is 0 Å². The summed E-state index contributed by atoms with van der Waals surface area (Å²) in [5.74, 6) is -0.0534. The van der Waals surface area contributed by atoms with Crippen LogP contribution in [0.5, 0.6) is 0 Å². The molecule has 0 amide bonds. The maximum atomic E-state index is 12.6. The van der Waals surface area contributed by atoms with Crippen LogP contribution in [0.4, 0.5) is 5.82 Å². The Labute approximate surface area is 175 Å². The van der Waals surface area contributed by atoms with Gasteiger partial charge >= 0.3 is 5.82 Å². The number of aryl methyl sites for hydroxylation is 1. The Morgan fingerprint density at radius 1 is 1.03 bits per heavy atom. The molecule has 7 nitrogen and oxygen atoms in total. The second kappa shape index (κ2) is 8.48. The molecule has 1 heterocycles. The van der Waals surface area contributed by atoms with Crippen LogP contribution in [-0.2, 0) is 13.0 Å². The normalized spacial score (nSPS) is 10.7. The standard InChI is InChI=1S/C21H18BrN3O4/c1-13(26)17-7-3-15(4-8-17)11-16-5-9-18(10-6-16)19(27)12-24-14(2)23-20(22)21(24)25(28)29/h3-10H,11-12H2,1-2H3. The predicted octanol–water partition coefficient (Wildman–Crippen LogP) is 4.54. The highest BCUT2D eigenvalue weighted by Gasteiger charge is 2.25. The lowest BCUT2D eigenvalue weighted by atomic mass is 10.0. The summed E-state index contributed by atoms with van der Waals surface area (Å²) >= 11 is 3.06. The first kappa shape index (κ1) is 20.6. The molecular weight excluding hydrogens is 438 g/mol. The smallest absolute Gasteiger partial charge is 0.357 e. The van der Waals surface area contributed by atoms with Crippen molar-refractivity contribution in [3.63, 3.8) is 0 Å². The Bertz CT molecular complexity index is 1090. The summed E-state index contributed by atoms with van der Waals surface area (Å²) < 4.78 is 1.40. The fraction of sp³-hybridized carbons (Fsp3) is 0.190. The van der Waals surface area contributed by atoms with E-state index < -0.39 is 4.92 Å². The topological polar surface area (TPSA) is 95.1 Å². The van der Waals surface area contributed by atoms with E-state index >= 15 is 0 Å². The van der Waals surface area contributed by atoms with Crippen molar-refractivity contribution in [1.82, 2.24) is 9.55 Å². The first-order valence-electron chi connectivity index (χ1n) is 8.85. The quantitative estimate of drug-likeness (QED) is 0.296. The zero-order valence-electron chi connectivity index (χ0n) is 15.9. The number of nitrogens with zero attached hydrogens (tertiary/aromatic N) is 3. The van der Waals surface area contributed by atoms with E-state index in [4.69, 9.17) is 0 Å². The number of halogens is 1. The van der Waals surface area contributed by atoms with Crippen molar-refractivity contribution in [3.8, 4) is 0 Å². The number of aromatic nitrogens is 2. The summed E-state index contributed by atoms with van der Waals surface area (Å²) in [7, 11) is 0. The molecule has 0 saturated heterocycles. The fourth-order valence-corrected chi connectivity index (χ4v) is 3.63.